The van der Waals surface area contributed by atoms with Crippen LogP contribution in [0.15, 0.2) is 34.8 Å². The Bertz CT molecular complexity index is 603. The van der Waals surface area contributed by atoms with Crippen molar-refractivity contribution in [1.29, 1.82) is 0 Å². The van der Waals surface area contributed by atoms with E-state index in [2.05, 4.69) is 47.2 Å². The van der Waals surface area contributed by atoms with Crippen LogP contribution in [0.5, 0.6) is 11.5 Å². The molecule has 2 rings (SSSR count). The Kier molecular flexibility index (Phi) is 4.55. The van der Waals surface area contributed by atoms with Crippen LogP contribution < -0.4 is 10.1 Å². The zero-order valence-electron chi connectivity index (χ0n) is 11.8. The number of halogens is 1. The van der Waals surface area contributed by atoms with Crippen molar-refractivity contribution in [1.82, 2.24) is 0 Å². The third-order valence-corrected chi connectivity index (χ3v) is 3.71. The summed E-state index contributed by atoms with van der Waals surface area (Å²) in [6.45, 7) is 4.67. The third-order valence-electron chi connectivity index (χ3n) is 3.26. The molecular weight excluding hydrogens is 318 g/mol. The topological polar surface area (TPSA) is 41.5 Å². The van der Waals surface area contributed by atoms with Crippen LogP contribution in [-0.4, -0.2) is 12.2 Å². The van der Waals surface area contributed by atoms with Gasteiger partial charge in [0.05, 0.1) is 7.11 Å². The fraction of sp³-hybridized carbons (Fsp3) is 0.250. The first kappa shape index (κ1) is 14.7. The van der Waals surface area contributed by atoms with Crippen molar-refractivity contribution in [2.75, 3.05) is 12.4 Å². The van der Waals surface area contributed by atoms with E-state index in [9.17, 15) is 5.11 Å². The minimum absolute atomic E-state index is 0.190. The molecule has 0 bridgehead atoms. The number of nitrogens with one attached hydrogen (secondary N) is 1. The van der Waals surface area contributed by atoms with Crippen molar-refractivity contribution in [2.45, 2.75) is 20.4 Å². The molecule has 0 aliphatic rings. The predicted octanol–water partition coefficient (Wildman–Crippen LogP) is 4.39. The monoisotopic (exact) mass is 335 g/mol. The molecule has 0 aliphatic carbocycles. The number of methoxy groups -OCH3 is 1. The van der Waals surface area contributed by atoms with Gasteiger partial charge < -0.3 is 15.2 Å². The van der Waals surface area contributed by atoms with Gasteiger partial charge in [-0.25, -0.2) is 0 Å². The number of benzene rings is 2. The number of hydrogen-bond acceptors (Lipinski definition) is 3. The standard InChI is InChI=1S/C16H18BrNO2/c1-10-7-13(17)8-11(2)15(10)18-9-12-5-4-6-14(20-3)16(12)19/h4-8,18-19H,9H2,1-3H3. The number of aromatic hydroxyl groups is 1. The number of para-hydroxylation sites is 1. The quantitative estimate of drug-likeness (QED) is 0.870. The minimum atomic E-state index is 0.190. The Morgan fingerprint density at radius 2 is 1.85 bits per heavy atom. The highest BCUT2D eigenvalue weighted by atomic mass is 79.9. The summed E-state index contributed by atoms with van der Waals surface area (Å²) in [7, 11) is 1.55. The van der Waals surface area contributed by atoms with Crippen LogP contribution in [-0.2, 0) is 6.54 Å². The molecule has 106 valence electrons. The molecule has 0 spiro atoms. The van der Waals surface area contributed by atoms with Gasteiger partial charge in [0.15, 0.2) is 11.5 Å². The summed E-state index contributed by atoms with van der Waals surface area (Å²) in [5.74, 6) is 0.684. The molecule has 2 aromatic rings. The first-order valence-electron chi connectivity index (χ1n) is 6.38. The molecule has 20 heavy (non-hydrogen) atoms. The van der Waals surface area contributed by atoms with E-state index >= 15 is 0 Å². The number of hydrogen-bond donors (Lipinski definition) is 2. The number of phenols is 1. The second kappa shape index (κ2) is 6.18. The molecule has 2 N–H and O–H groups in total. The molecule has 0 aromatic heterocycles. The average molecular weight is 336 g/mol. The molecule has 0 radical (unpaired) electrons. The summed E-state index contributed by atoms with van der Waals surface area (Å²) in [4.78, 5) is 0. The van der Waals surface area contributed by atoms with Crippen LogP contribution in [0.4, 0.5) is 5.69 Å². The summed E-state index contributed by atoms with van der Waals surface area (Å²) < 4.78 is 6.19. The Hall–Kier alpha value is -1.68. The maximum absolute atomic E-state index is 10.1. The van der Waals surface area contributed by atoms with Gasteiger partial charge in [0.25, 0.3) is 0 Å². The summed E-state index contributed by atoms with van der Waals surface area (Å²) in [6.07, 6.45) is 0. The zero-order valence-corrected chi connectivity index (χ0v) is 13.4. The fourth-order valence-electron chi connectivity index (χ4n) is 2.25. The van der Waals surface area contributed by atoms with E-state index in [0.29, 0.717) is 12.3 Å². The molecule has 0 aliphatic heterocycles. The van der Waals surface area contributed by atoms with Crippen LogP contribution in [0.2, 0.25) is 0 Å². The second-order valence-electron chi connectivity index (χ2n) is 4.74. The Balaban J connectivity index is 2.21. The van der Waals surface area contributed by atoms with Gasteiger partial charge in [0.1, 0.15) is 0 Å². The van der Waals surface area contributed by atoms with Crippen LogP contribution in [0.25, 0.3) is 0 Å². The number of ether oxygens (including phenoxy) is 1. The summed E-state index contributed by atoms with van der Waals surface area (Å²) in [5, 5.41) is 13.5. The maximum atomic E-state index is 10.1. The van der Waals surface area contributed by atoms with Crippen molar-refractivity contribution >= 4 is 21.6 Å². The van der Waals surface area contributed by atoms with E-state index in [1.165, 1.54) is 11.1 Å². The molecule has 3 nitrogen and oxygen atoms in total. The predicted molar refractivity (Wildman–Crippen MR) is 85.6 cm³/mol. The van der Waals surface area contributed by atoms with E-state index in [4.69, 9.17) is 4.74 Å². The van der Waals surface area contributed by atoms with Gasteiger partial charge in [-0.1, -0.05) is 28.1 Å². The number of aryl methyl sites for hydroxylation is 2. The van der Waals surface area contributed by atoms with Crippen molar-refractivity contribution in [3.8, 4) is 11.5 Å². The summed E-state index contributed by atoms with van der Waals surface area (Å²) >= 11 is 3.49. The van der Waals surface area contributed by atoms with E-state index in [-0.39, 0.29) is 5.75 Å². The van der Waals surface area contributed by atoms with Gasteiger partial charge in [-0.3, -0.25) is 0 Å². The van der Waals surface area contributed by atoms with Gasteiger partial charge in [-0.15, -0.1) is 0 Å². The number of phenolic OH excluding ortho intramolecular Hbond substituents is 1. The van der Waals surface area contributed by atoms with E-state index in [0.717, 1.165) is 15.7 Å². The van der Waals surface area contributed by atoms with Gasteiger partial charge in [-0.2, -0.15) is 0 Å². The van der Waals surface area contributed by atoms with Crippen molar-refractivity contribution < 1.29 is 9.84 Å². The lowest BCUT2D eigenvalue weighted by atomic mass is 10.1. The maximum Gasteiger partial charge on any atom is 0.162 e. The van der Waals surface area contributed by atoms with Crippen LogP contribution in [0.3, 0.4) is 0 Å². The van der Waals surface area contributed by atoms with Gasteiger partial charge in [0, 0.05) is 22.3 Å². The van der Waals surface area contributed by atoms with Crippen molar-refractivity contribution in [3.05, 3.63) is 51.5 Å². The lowest BCUT2D eigenvalue weighted by Crippen LogP contribution is -2.03. The summed E-state index contributed by atoms with van der Waals surface area (Å²) in [6, 6.07) is 9.64. The first-order chi connectivity index (χ1) is 9.52. The molecule has 0 saturated heterocycles. The second-order valence-corrected chi connectivity index (χ2v) is 5.65. The molecule has 2 aromatic carbocycles. The molecule has 0 fully saturated rings. The third kappa shape index (κ3) is 3.07. The SMILES string of the molecule is COc1cccc(CNc2c(C)cc(Br)cc2C)c1O. The van der Waals surface area contributed by atoms with E-state index in [1.807, 2.05) is 12.1 Å². The average Bonchev–Trinajstić information content (AvgIpc) is 2.39. The zero-order chi connectivity index (χ0) is 14.7. The largest absolute Gasteiger partial charge is 0.504 e. The fourth-order valence-corrected chi connectivity index (χ4v) is 2.94. The van der Waals surface area contributed by atoms with E-state index in [1.54, 1.807) is 13.2 Å². The van der Waals surface area contributed by atoms with Crippen LogP contribution >= 0.6 is 15.9 Å². The molecule has 0 saturated carbocycles. The number of anilines is 1. The van der Waals surface area contributed by atoms with E-state index < -0.39 is 0 Å². The molecule has 0 heterocycles. The lowest BCUT2D eigenvalue weighted by molar-refractivity contribution is 0.371. The highest BCUT2D eigenvalue weighted by molar-refractivity contribution is 9.10. The minimum Gasteiger partial charge on any atom is -0.504 e. The smallest absolute Gasteiger partial charge is 0.162 e. The summed E-state index contributed by atoms with van der Waals surface area (Å²) in [5.41, 5.74) is 4.24. The molecule has 0 atom stereocenters. The highest BCUT2D eigenvalue weighted by Crippen LogP contribution is 2.31. The van der Waals surface area contributed by atoms with Crippen LogP contribution in [0.1, 0.15) is 16.7 Å². The van der Waals surface area contributed by atoms with Crippen molar-refractivity contribution in [2.24, 2.45) is 0 Å². The Morgan fingerprint density at radius 1 is 1.20 bits per heavy atom. The molecule has 4 heteroatoms. The van der Waals surface area contributed by atoms with Crippen LogP contribution in [0, 0.1) is 13.8 Å². The molecule has 0 amide bonds. The van der Waals surface area contributed by atoms with Gasteiger partial charge in [0.2, 0.25) is 0 Å². The van der Waals surface area contributed by atoms with Crippen molar-refractivity contribution in [3.63, 3.8) is 0 Å². The van der Waals surface area contributed by atoms with Gasteiger partial charge in [-0.05, 0) is 43.2 Å². The van der Waals surface area contributed by atoms with Gasteiger partial charge >= 0.3 is 0 Å². The normalized spacial score (nSPS) is 10.4. The first-order valence-corrected chi connectivity index (χ1v) is 7.17. The Labute approximate surface area is 127 Å². The lowest BCUT2D eigenvalue weighted by Gasteiger charge is -2.15. The molecule has 0 unspecified atom stereocenters. The Morgan fingerprint density at radius 3 is 2.45 bits per heavy atom. The number of rotatable bonds is 4. The molecular formula is C16H18BrNO2. The highest BCUT2D eigenvalue weighted by Gasteiger charge is 2.09.